The summed E-state index contributed by atoms with van der Waals surface area (Å²) < 4.78 is 6.94. The van der Waals surface area contributed by atoms with E-state index in [0.717, 1.165) is 5.56 Å². The molecule has 4 rings (SSSR count). The Morgan fingerprint density at radius 3 is 2.85 bits per heavy atom. The molecule has 3 aromatic heterocycles. The zero-order chi connectivity index (χ0) is 18.3. The fraction of sp³-hybridized carbons (Fsp3) is 0.125. The number of nitro groups is 1. The van der Waals surface area contributed by atoms with Crippen molar-refractivity contribution in [1.29, 1.82) is 0 Å². The lowest BCUT2D eigenvalue weighted by Gasteiger charge is -2.05. The molecule has 26 heavy (non-hydrogen) atoms. The number of nitrogens with zero attached hydrogens (tertiary/aromatic N) is 6. The van der Waals surface area contributed by atoms with Gasteiger partial charge in [-0.15, -0.1) is 5.10 Å². The largest absolute Gasteiger partial charge is 0.463 e. The summed E-state index contributed by atoms with van der Waals surface area (Å²) in [4.78, 5) is 19.0. The van der Waals surface area contributed by atoms with Crippen LogP contribution in [-0.4, -0.2) is 29.9 Å². The number of nitrogens with two attached hydrogens (primary N) is 1. The molecule has 130 valence electrons. The molecule has 4 aromatic rings. The van der Waals surface area contributed by atoms with Crippen molar-refractivity contribution >= 4 is 22.8 Å². The predicted molar refractivity (Wildman–Crippen MR) is 92.2 cm³/mol. The van der Waals surface area contributed by atoms with Crippen LogP contribution in [0, 0.1) is 17.0 Å². The van der Waals surface area contributed by atoms with E-state index >= 15 is 0 Å². The van der Waals surface area contributed by atoms with Gasteiger partial charge in [-0.2, -0.15) is 4.98 Å². The molecule has 0 aliphatic heterocycles. The molecule has 0 fully saturated rings. The molecule has 0 saturated heterocycles. The highest BCUT2D eigenvalue weighted by molar-refractivity contribution is 5.85. The summed E-state index contributed by atoms with van der Waals surface area (Å²) in [5, 5.41) is 19.2. The summed E-state index contributed by atoms with van der Waals surface area (Å²) >= 11 is 0. The number of aromatic nitrogens is 5. The van der Waals surface area contributed by atoms with E-state index in [1.54, 1.807) is 35.9 Å². The Bertz CT molecular complexity index is 1120. The molecule has 0 amide bonds. The van der Waals surface area contributed by atoms with Gasteiger partial charge in [0.15, 0.2) is 16.9 Å². The number of hydrogen-bond donors (Lipinski definition) is 1. The maximum absolute atomic E-state index is 11.0. The Morgan fingerprint density at radius 1 is 1.31 bits per heavy atom. The zero-order valence-corrected chi connectivity index (χ0v) is 13.7. The summed E-state index contributed by atoms with van der Waals surface area (Å²) in [5.41, 5.74) is 8.68. The van der Waals surface area contributed by atoms with Crippen LogP contribution in [0.1, 0.15) is 11.1 Å². The van der Waals surface area contributed by atoms with E-state index in [1.165, 1.54) is 12.3 Å². The second-order valence-electron chi connectivity index (χ2n) is 5.70. The standard InChI is InChI=1S/C16H13N7O3/c1-9-7-10(4-5-11(9)23(24)25)8-22-15-14(20-21-22)13(18-16(17)19-15)12-3-2-6-26-12/h2-7H,8H2,1H3,(H2,17,18,19). The van der Waals surface area contributed by atoms with Gasteiger partial charge in [0.1, 0.15) is 5.69 Å². The van der Waals surface area contributed by atoms with Crippen molar-refractivity contribution in [2.45, 2.75) is 13.5 Å². The van der Waals surface area contributed by atoms with Crippen molar-refractivity contribution in [2.24, 2.45) is 0 Å². The number of furan rings is 1. The average Bonchev–Trinajstić information content (AvgIpc) is 3.24. The number of nitro benzene ring substituents is 1. The van der Waals surface area contributed by atoms with Crippen LogP contribution >= 0.6 is 0 Å². The van der Waals surface area contributed by atoms with Gasteiger partial charge in [-0.25, -0.2) is 9.67 Å². The fourth-order valence-electron chi connectivity index (χ4n) is 2.76. The third-order valence-electron chi connectivity index (χ3n) is 3.92. The fourth-order valence-corrected chi connectivity index (χ4v) is 2.76. The van der Waals surface area contributed by atoms with Gasteiger partial charge in [-0.05, 0) is 30.7 Å². The molecule has 10 heteroatoms. The van der Waals surface area contributed by atoms with Crippen LogP contribution in [0.15, 0.2) is 41.0 Å². The highest BCUT2D eigenvalue weighted by Gasteiger charge is 2.18. The topological polar surface area (TPSA) is 139 Å². The monoisotopic (exact) mass is 351 g/mol. The number of rotatable bonds is 4. The number of fused-ring (bicyclic) bond motifs is 1. The van der Waals surface area contributed by atoms with E-state index in [1.807, 2.05) is 0 Å². The van der Waals surface area contributed by atoms with E-state index in [0.29, 0.717) is 34.7 Å². The van der Waals surface area contributed by atoms with Crippen LogP contribution in [0.3, 0.4) is 0 Å². The molecule has 1 aromatic carbocycles. The summed E-state index contributed by atoms with van der Waals surface area (Å²) in [6.07, 6.45) is 1.53. The van der Waals surface area contributed by atoms with Crippen molar-refractivity contribution in [3.05, 3.63) is 57.8 Å². The molecule has 0 unspecified atom stereocenters. The lowest BCUT2D eigenvalue weighted by atomic mass is 10.1. The van der Waals surface area contributed by atoms with Gasteiger partial charge in [-0.1, -0.05) is 11.3 Å². The quantitative estimate of drug-likeness (QED) is 0.436. The molecule has 0 saturated carbocycles. The number of anilines is 1. The Hall–Kier alpha value is -3.82. The molecular formula is C16H13N7O3. The van der Waals surface area contributed by atoms with Crippen molar-refractivity contribution in [2.75, 3.05) is 5.73 Å². The van der Waals surface area contributed by atoms with E-state index in [4.69, 9.17) is 10.2 Å². The van der Waals surface area contributed by atoms with Gasteiger partial charge in [0.05, 0.1) is 17.7 Å². The second-order valence-corrected chi connectivity index (χ2v) is 5.70. The lowest BCUT2D eigenvalue weighted by molar-refractivity contribution is -0.385. The molecule has 0 radical (unpaired) electrons. The van der Waals surface area contributed by atoms with Crippen molar-refractivity contribution in [1.82, 2.24) is 25.0 Å². The summed E-state index contributed by atoms with van der Waals surface area (Å²) in [7, 11) is 0. The minimum atomic E-state index is -0.409. The van der Waals surface area contributed by atoms with Crippen molar-refractivity contribution in [3.63, 3.8) is 0 Å². The van der Waals surface area contributed by atoms with Gasteiger partial charge in [0.2, 0.25) is 5.95 Å². The molecule has 0 aliphatic rings. The van der Waals surface area contributed by atoms with Crippen LogP contribution in [-0.2, 0) is 6.54 Å². The Labute approximate surface area is 146 Å². The van der Waals surface area contributed by atoms with Gasteiger partial charge < -0.3 is 10.2 Å². The van der Waals surface area contributed by atoms with Crippen molar-refractivity contribution < 1.29 is 9.34 Å². The highest BCUT2D eigenvalue weighted by Crippen LogP contribution is 2.26. The normalized spacial score (nSPS) is 11.1. The average molecular weight is 351 g/mol. The van der Waals surface area contributed by atoms with Gasteiger partial charge >= 0.3 is 0 Å². The van der Waals surface area contributed by atoms with Crippen LogP contribution < -0.4 is 5.73 Å². The number of aryl methyl sites for hydroxylation is 1. The number of nitrogen functional groups attached to an aromatic ring is 1. The third-order valence-corrected chi connectivity index (χ3v) is 3.92. The van der Waals surface area contributed by atoms with E-state index in [2.05, 4.69) is 20.3 Å². The second kappa shape index (κ2) is 5.92. The Kier molecular flexibility index (Phi) is 3.57. The van der Waals surface area contributed by atoms with Crippen LogP contribution in [0.5, 0.6) is 0 Å². The van der Waals surface area contributed by atoms with Crippen LogP contribution in [0.4, 0.5) is 11.6 Å². The number of benzene rings is 1. The van der Waals surface area contributed by atoms with Crippen molar-refractivity contribution in [3.8, 4) is 11.5 Å². The smallest absolute Gasteiger partial charge is 0.272 e. The number of hydrogen-bond acceptors (Lipinski definition) is 8. The SMILES string of the molecule is Cc1cc(Cn2nnc3c(-c4ccco4)nc(N)nc32)ccc1[N+](=O)[O-]. The molecule has 3 heterocycles. The first-order chi connectivity index (χ1) is 12.5. The molecule has 0 spiro atoms. The maximum Gasteiger partial charge on any atom is 0.272 e. The maximum atomic E-state index is 11.0. The first kappa shape index (κ1) is 15.7. The summed E-state index contributed by atoms with van der Waals surface area (Å²) in [5.74, 6) is 0.592. The minimum Gasteiger partial charge on any atom is -0.463 e. The minimum absolute atomic E-state index is 0.0730. The lowest BCUT2D eigenvalue weighted by Crippen LogP contribution is -2.05. The Balaban J connectivity index is 1.77. The van der Waals surface area contributed by atoms with Crippen LogP contribution in [0.25, 0.3) is 22.6 Å². The first-order valence-electron chi connectivity index (χ1n) is 7.67. The summed E-state index contributed by atoms with van der Waals surface area (Å²) in [6, 6.07) is 8.38. The zero-order valence-electron chi connectivity index (χ0n) is 13.7. The van der Waals surface area contributed by atoms with Crippen LogP contribution in [0.2, 0.25) is 0 Å². The molecule has 10 nitrogen and oxygen atoms in total. The Morgan fingerprint density at radius 2 is 2.15 bits per heavy atom. The summed E-state index contributed by atoms with van der Waals surface area (Å²) in [6.45, 7) is 2.03. The van der Waals surface area contributed by atoms with Gasteiger partial charge in [-0.3, -0.25) is 10.1 Å². The predicted octanol–water partition coefficient (Wildman–Crippen LogP) is 2.33. The molecular weight excluding hydrogens is 338 g/mol. The molecule has 0 atom stereocenters. The van der Waals surface area contributed by atoms with Gasteiger partial charge in [0.25, 0.3) is 5.69 Å². The van der Waals surface area contributed by atoms with E-state index in [9.17, 15) is 10.1 Å². The molecule has 0 bridgehead atoms. The van der Waals surface area contributed by atoms with Gasteiger partial charge in [0, 0.05) is 11.6 Å². The third kappa shape index (κ3) is 2.62. The first-order valence-corrected chi connectivity index (χ1v) is 7.67. The molecule has 0 aliphatic carbocycles. The molecule has 2 N–H and O–H groups in total. The van der Waals surface area contributed by atoms with E-state index < -0.39 is 4.92 Å². The van der Waals surface area contributed by atoms with E-state index in [-0.39, 0.29) is 11.6 Å². The highest BCUT2D eigenvalue weighted by atomic mass is 16.6.